The molecule has 1 N–H and O–H groups in total. The maximum atomic E-state index is 13.5. The zero-order valence-corrected chi connectivity index (χ0v) is 24.3. The first-order valence-electron chi connectivity index (χ1n) is 13.4. The van der Waals surface area contributed by atoms with Crippen LogP contribution in [-0.2, 0) is 15.3 Å². The lowest BCUT2D eigenvalue weighted by Crippen LogP contribution is -2.29. The maximum Gasteiger partial charge on any atom is 0.301 e. The summed E-state index contributed by atoms with van der Waals surface area (Å²) >= 11 is 2.76. The summed E-state index contributed by atoms with van der Waals surface area (Å²) in [6.07, 6.45) is 3.90. The van der Waals surface area contributed by atoms with Crippen LogP contribution in [-0.4, -0.2) is 38.6 Å². The van der Waals surface area contributed by atoms with Gasteiger partial charge in [-0.15, -0.1) is 10.2 Å². The second-order valence-electron chi connectivity index (χ2n) is 9.60. The highest BCUT2D eigenvalue weighted by atomic mass is 32.2. The van der Waals surface area contributed by atoms with Gasteiger partial charge in [0.05, 0.1) is 18.2 Å². The van der Waals surface area contributed by atoms with E-state index in [4.69, 9.17) is 4.74 Å². The lowest BCUT2D eigenvalue weighted by molar-refractivity contribution is -0.132. The first-order valence-corrected chi connectivity index (χ1v) is 15.2. The number of benzene rings is 3. The molecule has 42 heavy (non-hydrogen) atoms. The minimum Gasteiger partial charge on any atom is -0.507 e. The molecule has 0 saturated carbocycles. The van der Waals surface area contributed by atoms with Crippen LogP contribution in [0.15, 0.2) is 101 Å². The molecule has 1 atom stereocenters. The van der Waals surface area contributed by atoms with Crippen molar-refractivity contribution in [3.63, 3.8) is 0 Å². The van der Waals surface area contributed by atoms with E-state index in [0.717, 1.165) is 17.4 Å². The van der Waals surface area contributed by atoms with E-state index in [1.807, 2.05) is 25.1 Å². The van der Waals surface area contributed by atoms with Gasteiger partial charge in [-0.3, -0.25) is 19.5 Å². The van der Waals surface area contributed by atoms with Crippen molar-refractivity contribution in [1.29, 1.82) is 0 Å². The minimum absolute atomic E-state index is 0.0198. The predicted molar refractivity (Wildman–Crippen MR) is 165 cm³/mol. The minimum atomic E-state index is -0.901. The third kappa shape index (κ3) is 5.38. The van der Waals surface area contributed by atoms with E-state index in [-0.39, 0.29) is 16.5 Å². The Labute approximate surface area is 250 Å². The van der Waals surface area contributed by atoms with Gasteiger partial charge in [-0.05, 0) is 52.6 Å². The number of pyridine rings is 1. The summed E-state index contributed by atoms with van der Waals surface area (Å²) in [5.41, 5.74) is 2.17. The van der Waals surface area contributed by atoms with Gasteiger partial charge < -0.3 is 9.84 Å². The Morgan fingerprint density at radius 3 is 2.52 bits per heavy atom. The number of carbonyl (C=O) groups is 2. The summed E-state index contributed by atoms with van der Waals surface area (Å²) in [6.45, 7) is 2.60. The molecule has 6 rings (SSSR count). The molecular formula is C32H26N4O4S2. The number of thioether (sulfide) groups is 1. The van der Waals surface area contributed by atoms with Gasteiger partial charge in [0.15, 0.2) is 4.34 Å². The highest BCUT2D eigenvalue weighted by molar-refractivity contribution is 8.00. The average Bonchev–Trinajstić information content (AvgIpc) is 3.61. The molecule has 1 aliphatic heterocycles. The molecule has 1 amide bonds. The fourth-order valence-electron chi connectivity index (χ4n) is 4.89. The van der Waals surface area contributed by atoms with Crippen molar-refractivity contribution < 1.29 is 19.4 Å². The van der Waals surface area contributed by atoms with Gasteiger partial charge in [0.25, 0.3) is 5.78 Å². The first-order chi connectivity index (χ1) is 20.5. The average molecular weight is 595 g/mol. The van der Waals surface area contributed by atoms with Gasteiger partial charge in [-0.25, -0.2) is 0 Å². The Balaban J connectivity index is 1.35. The Kier molecular flexibility index (Phi) is 7.98. The molecule has 210 valence electrons. The van der Waals surface area contributed by atoms with E-state index >= 15 is 0 Å². The lowest BCUT2D eigenvalue weighted by Gasteiger charge is -2.22. The quantitative estimate of drug-likeness (QED) is 0.0654. The number of aliphatic hydroxyl groups is 1. The molecule has 1 saturated heterocycles. The maximum absolute atomic E-state index is 13.5. The second-order valence-corrected chi connectivity index (χ2v) is 11.8. The van der Waals surface area contributed by atoms with Gasteiger partial charge in [-0.2, -0.15) is 0 Å². The molecular weight excluding hydrogens is 569 g/mol. The SMILES string of the molecule is CCCOc1ccc(C2/C(=C(\O)c3ccncc3)C(=O)C(=O)N2c2nnc(SCc3cccc4ccccc34)s2)cc1. The van der Waals surface area contributed by atoms with Crippen molar-refractivity contribution in [1.82, 2.24) is 15.2 Å². The van der Waals surface area contributed by atoms with Crippen molar-refractivity contribution in [3.05, 3.63) is 114 Å². The van der Waals surface area contributed by atoms with E-state index < -0.39 is 17.7 Å². The van der Waals surface area contributed by atoms with Crippen LogP contribution in [0.2, 0.25) is 0 Å². The molecule has 1 aliphatic rings. The first kappa shape index (κ1) is 27.6. The number of hydrogen-bond donors (Lipinski definition) is 1. The van der Waals surface area contributed by atoms with Crippen LogP contribution >= 0.6 is 23.1 Å². The summed E-state index contributed by atoms with van der Waals surface area (Å²) < 4.78 is 6.39. The van der Waals surface area contributed by atoms with Crippen LogP contribution in [0, 0.1) is 0 Å². The van der Waals surface area contributed by atoms with E-state index in [9.17, 15) is 14.7 Å². The number of nitrogens with zero attached hydrogens (tertiary/aromatic N) is 4. The van der Waals surface area contributed by atoms with Gasteiger partial charge >= 0.3 is 5.91 Å². The van der Waals surface area contributed by atoms with Gasteiger partial charge in [0.1, 0.15) is 11.5 Å². The molecule has 1 fully saturated rings. The lowest BCUT2D eigenvalue weighted by atomic mass is 9.95. The Hall–Kier alpha value is -4.54. The normalized spacial score (nSPS) is 16.3. The third-order valence-electron chi connectivity index (χ3n) is 6.90. The highest BCUT2D eigenvalue weighted by Crippen LogP contribution is 2.44. The monoisotopic (exact) mass is 594 g/mol. The van der Waals surface area contributed by atoms with Gasteiger partial charge in [0, 0.05) is 23.7 Å². The van der Waals surface area contributed by atoms with Crippen molar-refractivity contribution in [3.8, 4) is 5.75 Å². The summed E-state index contributed by atoms with van der Waals surface area (Å²) in [6, 6.07) is 23.9. The third-order valence-corrected chi connectivity index (χ3v) is 9.00. The fourth-order valence-corrected chi connectivity index (χ4v) is 6.76. The Morgan fingerprint density at radius 1 is 0.976 bits per heavy atom. The van der Waals surface area contributed by atoms with E-state index in [0.29, 0.717) is 33.6 Å². The number of Topliss-reactive ketones (excluding diaryl/α,β-unsaturated/α-hetero) is 1. The number of amides is 1. The number of anilines is 1. The predicted octanol–water partition coefficient (Wildman–Crippen LogP) is 6.79. The number of hydrogen-bond acceptors (Lipinski definition) is 9. The molecule has 0 aliphatic carbocycles. The summed E-state index contributed by atoms with van der Waals surface area (Å²) in [7, 11) is 0. The molecule has 3 aromatic carbocycles. The zero-order valence-electron chi connectivity index (χ0n) is 22.6. The van der Waals surface area contributed by atoms with Crippen LogP contribution in [0.3, 0.4) is 0 Å². The standard InChI is InChI=1S/C32H26N4O4S2/c1-2-18-40-24-12-10-21(11-13-24)27-26(28(37)22-14-16-33-17-15-22)29(38)30(39)36(27)31-34-35-32(42-31)41-19-23-8-5-7-20-6-3-4-9-25(20)23/h3-17,27,37H,2,18-19H2,1H3/b28-26+. The van der Waals surface area contributed by atoms with Gasteiger partial charge in [-0.1, -0.05) is 84.6 Å². The highest BCUT2D eigenvalue weighted by Gasteiger charge is 2.48. The van der Waals surface area contributed by atoms with Crippen LogP contribution in [0.1, 0.15) is 36.1 Å². The molecule has 8 nitrogen and oxygen atoms in total. The van der Waals surface area contributed by atoms with E-state index in [2.05, 4.69) is 39.4 Å². The van der Waals surface area contributed by atoms with Crippen LogP contribution in [0.25, 0.3) is 16.5 Å². The number of fused-ring (bicyclic) bond motifs is 1. The van der Waals surface area contributed by atoms with Crippen molar-refractivity contribution >= 4 is 56.5 Å². The number of aliphatic hydroxyl groups excluding tert-OH is 1. The molecule has 5 aromatic rings. The van der Waals surface area contributed by atoms with Crippen LogP contribution in [0.5, 0.6) is 5.75 Å². The molecule has 0 bridgehead atoms. The fraction of sp³-hybridized carbons (Fsp3) is 0.156. The van der Waals surface area contributed by atoms with Crippen LogP contribution < -0.4 is 9.64 Å². The number of aromatic nitrogens is 3. The Bertz CT molecular complexity index is 1780. The smallest absolute Gasteiger partial charge is 0.301 e. The van der Waals surface area contributed by atoms with Crippen LogP contribution in [0.4, 0.5) is 5.13 Å². The van der Waals surface area contributed by atoms with Crippen molar-refractivity contribution in [2.24, 2.45) is 0 Å². The van der Waals surface area contributed by atoms with Gasteiger partial charge in [0.2, 0.25) is 5.13 Å². The second kappa shape index (κ2) is 12.1. The van der Waals surface area contributed by atoms with Crippen molar-refractivity contribution in [2.75, 3.05) is 11.5 Å². The molecule has 1 unspecified atom stereocenters. The molecule has 2 aromatic heterocycles. The van der Waals surface area contributed by atoms with Crippen molar-refractivity contribution in [2.45, 2.75) is 29.5 Å². The van der Waals surface area contributed by atoms with E-state index in [1.165, 1.54) is 45.8 Å². The molecule has 0 spiro atoms. The molecule has 10 heteroatoms. The van der Waals surface area contributed by atoms with E-state index in [1.54, 1.807) is 36.4 Å². The number of ether oxygens (including phenoxy) is 1. The summed E-state index contributed by atoms with van der Waals surface area (Å²) in [5, 5.41) is 22.5. The number of carbonyl (C=O) groups excluding carboxylic acids is 2. The molecule has 3 heterocycles. The topological polar surface area (TPSA) is 106 Å². The summed E-state index contributed by atoms with van der Waals surface area (Å²) in [4.78, 5) is 32.3. The Morgan fingerprint density at radius 2 is 1.74 bits per heavy atom. The number of rotatable bonds is 9. The number of ketones is 1. The zero-order chi connectivity index (χ0) is 29.1. The molecule has 0 radical (unpaired) electrons. The largest absolute Gasteiger partial charge is 0.507 e. The summed E-state index contributed by atoms with van der Waals surface area (Å²) in [5.74, 6) is -0.497.